The highest BCUT2D eigenvalue weighted by molar-refractivity contribution is 9.10. The third-order valence-corrected chi connectivity index (χ3v) is 7.22. The molecule has 3 aromatic rings. The van der Waals surface area contributed by atoms with Gasteiger partial charge in [-0.05, 0) is 29.8 Å². The van der Waals surface area contributed by atoms with Crippen molar-refractivity contribution in [2.75, 3.05) is 20.0 Å². The van der Waals surface area contributed by atoms with Crippen LogP contribution in [-0.4, -0.2) is 29.5 Å². The monoisotopic (exact) mass is 490 g/mol. The molecule has 5 nitrogen and oxygen atoms in total. The summed E-state index contributed by atoms with van der Waals surface area (Å²) in [6, 6.07) is 13.7. The number of hydrogen-bond acceptors (Lipinski definition) is 6. The van der Waals surface area contributed by atoms with Crippen LogP contribution in [0.25, 0.3) is 5.69 Å². The first-order chi connectivity index (χ1) is 14.1. The zero-order valence-electron chi connectivity index (χ0n) is 16.0. The van der Waals surface area contributed by atoms with Gasteiger partial charge in [-0.25, -0.2) is 4.98 Å². The summed E-state index contributed by atoms with van der Waals surface area (Å²) in [5, 5.41) is 0.686. The fourth-order valence-corrected chi connectivity index (χ4v) is 5.38. The minimum Gasteiger partial charge on any atom is -0.493 e. The largest absolute Gasteiger partial charge is 0.493 e. The highest BCUT2D eigenvalue weighted by Crippen LogP contribution is 2.34. The Kier molecular flexibility index (Phi) is 6.22. The number of benzene rings is 2. The standard InChI is InChI=1S/C21H19BrN2O3S2/c1-26-17-8-7-15(11-18(17)27-2)24-20(25)19-16(9-10-28-19)23-21(24)29-12-13-3-5-14(22)6-4-13/h3-8,11H,9-10,12H2,1-2H3. The third kappa shape index (κ3) is 4.20. The Morgan fingerprint density at radius 1 is 1.14 bits per heavy atom. The Labute approximate surface area is 186 Å². The molecule has 0 N–H and O–H groups in total. The fourth-order valence-electron chi connectivity index (χ4n) is 3.11. The molecule has 29 heavy (non-hydrogen) atoms. The molecule has 0 bridgehead atoms. The average Bonchev–Trinajstić information content (AvgIpc) is 3.22. The van der Waals surface area contributed by atoms with Crippen LogP contribution in [-0.2, 0) is 12.2 Å². The van der Waals surface area contributed by atoms with Crippen LogP contribution in [0.3, 0.4) is 0 Å². The molecule has 8 heteroatoms. The summed E-state index contributed by atoms with van der Waals surface area (Å²) in [6.07, 6.45) is 0.827. The number of halogens is 1. The van der Waals surface area contributed by atoms with Crippen LogP contribution in [0.1, 0.15) is 11.3 Å². The molecule has 1 aliphatic rings. The number of ether oxygens (including phenoxy) is 2. The Hall–Kier alpha value is -1.90. The van der Waals surface area contributed by atoms with Gasteiger partial charge in [0.2, 0.25) is 0 Å². The molecule has 0 spiro atoms. The maximum absolute atomic E-state index is 13.3. The Balaban J connectivity index is 1.77. The Bertz CT molecular complexity index is 1100. The van der Waals surface area contributed by atoms with Gasteiger partial charge in [0.15, 0.2) is 16.7 Å². The van der Waals surface area contributed by atoms with Crippen molar-refractivity contribution in [3.05, 3.63) is 68.5 Å². The molecule has 0 radical (unpaired) electrons. The van der Waals surface area contributed by atoms with Gasteiger partial charge in [0, 0.05) is 28.5 Å². The molecule has 0 saturated heterocycles. The quantitative estimate of drug-likeness (QED) is 0.359. The lowest BCUT2D eigenvalue weighted by molar-refractivity contribution is 0.354. The van der Waals surface area contributed by atoms with Gasteiger partial charge >= 0.3 is 0 Å². The number of aromatic nitrogens is 2. The molecule has 0 saturated carbocycles. The topological polar surface area (TPSA) is 53.4 Å². The number of fused-ring (bicyclic) bond motifs is 1. The van der Waals surface area contributed by atoms with E-state index in [1.165, 1.54) is 5.56 Å². The minimum atomic E-state index is -0.0250. The second kappa shape index (κ2) is 8.85. The van der Waals surface area contributed by atoms with E-state index in [4.69, 9.17) is 14.5 Å². The molecule has 0 aliphatic carbocycles. The van der Waals surface area contributed by atoms with Gasteiger partial charge in [-0.1, -0.05) is 39.8 Å². The van der Waals surface area contributed by atoms with E-state index in [0.29, 0.717) is 22.3 Å². The molecule has 0 atom stereocenters. The van der Waals surface area contributed by atoms with E-state index in [2.05, 4.69) is 28.1 Å². The van der Waals surface area contributed by atoms with E-state index in [1.54, 1.807) is 42.3 Å². The zero-order chi connectivity index (χ0) is 20.4. The molecule has 1 aliphatic heterocycles. The zero-order valence-corrected chi connectivity index (χ0v) is 19.2. The maximum atomic E-state index is 13.3. The lowest BCUT2D eigenvalue weighted by Crippen LogP contribution is -2.23. The van der Waals surface area contributed by atoms with Crippen LogP contribution in [0, 0.1) is 0 Å². The Morgan fingerprint density at radius 3 is 2.62 bits per heavy atom. The first-order valence-corrected chi connectivity index (χ1v) is 11.8. The average molecular weight is 491 g/mol. The van der Waals surface area contributed by atoms with Crippen molar-refractivity contribution in [1.82, 2.24) is 9.55 Å². The molecule has 1 aromatic heterocycles. The lowest BCUT2D eigenvalue weighted by Gasteiger charge is -2.15. The number of hydrogen-bond donors (Lipinski definition) is 0. The molecule has 0 unspecified atom stereocenters. The summed E-state index contributed by atoms with van der Waals surface area (Å²) in [5.74, 6) is 2.81. The van der Waals surface area contributed by atoms with Gasteiger partial charge in [-0.3, -0.25) is 9.36 Å². The number of thioether (sulfide) groups is 2. The van der Waals surface area contributed by atoms with Crippen molar-refractivity contribution >= 4 is 39.5 Å². The highest BCUT2D eigenvalue weighted by Gasteiger charge is 2.23. The second-order valence-corrected chi connectivity index (χ2v) is 9.33. The van der Waals surface area contributed by atoms with Crippen molar-refractivity contribution in [2.45, 2.75) is 22.2 Å². The minimum absolute atomic E-state index is 0.0250. The Morgan fingerprint density at radius 2 is 1.90 bits per heavy atom. The lowest BCUT2D eigenvalue weighted by atomic mass is 10.2. The molecule has 4 rings (SSSR count). The molecular weight excluding hydrogens is 472 g/mol. The van der Waals surface area contributed by atoms with Crippen LogP contribution >= 0.6 is 39.5 Å². The predicted molar refractivity (Wildman–Crippen MR) is 121 cm³/mol. The first-order valence-electron chi connectivity index (χ1n) is 8.99. The molecule has 2 aromatic carbocycles. The van der Waals surface area contributed by atoms with Crippen molar-refractivity contribution in [1.29, 1.82) is 0 Å². The predicted octanol–water partition coefficient (Wildman–Crippen LogP) is 4.95. The normalized spacial score (nSPS) is 12.7. The van der Waals surface area contributed by atoms with Gasteiger partial charge in [-0.15, -0.1) is 11.8 Å². The summed E-state index contributed by atoms with van der Waals surface area (Å²) >= 11 is 6.60. The summed E-state index contributed by atoms with van der Waals surface area (Å²) in [7, 11) is 3.18. The highest BCUT2D eigenvalue weighted by atomic mass is 79.9. The molecule has 0 fully saturated rings. The van der Waals surface area contributed by atoms with E-state index in [1.807, 2.05) is 30.3 Å². The van der Waals surface area contributed by atoms with Crippen molar-refractivity contribution in [2.24, 2.45) is 0 Å². The van der Waals surface area contributed by atoms with E-state index < -0.39 is 0 Å². The first kappa shape index (κ1) is 20.4. The van der Waals surface area contributed by atoms with Gasteiger partial charge < -0.3 is 9.47 Å². The van der Waals surface area contributed by atoms with Crippen molar-refractivity contribution in [3.8, 4) is 17.2 Å². The van der Waals surface area contributed by atoms with Gasteiger partial charge in [0.05, 0.1) is 30.5 Å². The van der Waals surface area contributed by atoms with E-state index in [0.717, 1.165) is 33.0 Å². The summed E-state index contributed by atoms with van der Waals surface area (Å²) in [4.78, 5) is 18.9. The SMILES string of the molecule is COc1ccc(-n2c(SCc3ccc(Br)cc3)nc3c(c2=O)SCC3)cc1OC. The molecule has 150 valence electrons. The van der Waals surface area contributed by atoms with Crippen LogP contribution in [0.15, 0.2) is 61.8 Å². The summed E-state index contributed by atoms with van der Waals surface area (Å²) in [6.45, 7) is 0. The maximum Gasteiger partial charge on any atom is 0.272 e. The van der Waals surface area contributed by atoms with E-state index in [-0.39, 0.29) is 5.56 Å². The number of nitrogens with zero attached hydrogens (tertiary/aromatic N) is 2. The van der Waals surface area contributed by atoms with Crippen molar-refractivity contribution < 1.29 is 9.47 Å². The van der Waals surface area contributed by atoms with Crippen LogP contribution in [0.2, 0.25) is 0 Å². The fraction of sp³-hybridized carbons (Fsp3) is 0.238. The number of methoxy groups -OCH3 is 2. The van der Waals surface area contributed by atoms with Crippen LogP contribution < -0.4 is 15.0 Å². The smallest absolute Gasteiger partial charge is 0.272 e. The summed E-state index contributed by atoms with van der Waals surface area (Å²) in [5.41, 5.74) is 2.76. The van der Waals surface area contributed by atoms with Gasteiger partial charge in [0.1, 0.15) is 0 Å². The molecule has 2 heterocycles. The van der Waals surface area contributed by atoms with Crippen molar-refractivity contribution in [3.63, 3.8) is 0 Å². The van der Waals surface area contributed by atoms with Gasteiger partial charge in [-0.2, -0.15) is 0 Å². The van der Waals surface area contributed by atoms with Gasteiger partial charge in [0.25, 0.3) is 5.56 Å². The number of aryl methyl sites for hydroxylation is 1. The number of rotatable bonds is 6. The second-order valence-electron chi connectivity index (χ2n) is 6.36. The molecular formula is C21H19BrN2O3S2. The summed E-state index contributed by atoms with van der Waals surface area (Å²) < 4.78 is 13.5. The van der Waals surface area contributed by atoms with Crippen LogP contribution in [0.4, 0.5) is 0 Å². The third-order valence-electron chi connectivity index (χ3n) is 4.57. The van der Waals surface area contributed by atoms with Crippen LogP contribution in [0.5, 0.6) is 11.5 Å². The van der Waals surface area contributed by atoms with E-state index in [9.17, 15) is 4.79 Å². The molecule has 0 amide bonds. The van der Waals surface area contributed by atoms with E-state index >= 15 is 0 Å².